The van der Waals surface area contributed by atoms with Crippen LogP contribution < -0.4 is 5.32 Å². The van der Waals surface area contributed by atoms with Crippen LogP contribution >= 0.6 is 11.6 Å². The fraction of sp³-hybridized carbons (Fsp3) is 0.455. The Labute approximate surface area is 171 Å². The molecule has 1 aliphatic heterocycles. The molecule has 1 fully saturated rings. The molecule has 1 aromatic heterocycles. The average Bonchev–Trinajstić information content (AvgIpc) is 3.00. The molecule has 28 heavy (non-hydrogen) atoms. The van der Waals surface area contributed by atoms with Crippen molar-refractivity contribution in [3.8, 4) is 5.69 Å². The molecular formula is C22H28ClN3O2. The number of hydrogen-bond donors (Lipinski definition) is 1. The van der Waals surface area contributed by atoms with E-state index >= 15 is 0 Å². The quantitative estimate of drug-likeness (QED) is 0.837. The SMILES string of the molecule is Cc1ccc(C)n1-c1ccc(Cl)c(C(=O)N2CCC(C(=O)NC(C)C)CC2)c1. The Morgan fingerprint density at radius 1 is 1.07 bits per heavy atom. The Kier molecular flexibility index (Phi) is 6.14. The largest absolute Gasteiger partial charge is 0.354 e. The van der Waals surface area contributed by atoms with Crippen molar-refractivity contribution in [2.75, 3.05) is 13.1 Å². The van der Waals surface area contributed by atoms with Gasteiger partial charge < -0.3 is 14.8 Å². The molecular weight excluding hydrogens is 374 g/mol. The number of hydrogen-bond acceptors (Lipinski definition) is 2. The van der Waals surface area contributed by atoms with Gasteiger partial charge in [0.25, 0.3) is 5.91 Å². The van der Waals surface area contributed by atoms with Gasteiger partial charge in [0.05, 0.1) is 10.6 Å². The van der Waals surface area contributed by atoms with Gasteiger partial charge in [0.1, 0.15) is 0 Å². The van der Waals surface area contributed by atoms with Crippen molar-refractivity contribution in [2.45, 2.75) is 46.6 Å². The maximum atomic E-state index is 13.1. The van der Waals surface area contributed by atoms with Crippen LogP contribution in [0.25, 0.3) is 5.69 Å². The summed E-state index contributed by atoms with van der Waals surface area (Å²) < 4.78 is 2.11. The maximum Gasteiger partial charge on any atom is 0.255 e. The molecule has 3 rings (SSSR count). The molecule has 0 bridgehead atoms. The van der Waals surface area contributed by atoms with Gasteiger partial charge in [-0.2, -0.15) is 0 Å². The summed E-state index contributed by atoms with van der Waals surface area (Å²) in [6.07, 6.45) is 1.36. The molecule has 2 heterocycles. The lowest BCUT2D eigenvalue weighted by Crippen LogP contribution is -2.44. The average molecular weight is 402 g/mol. The number of piperidine rings is 1. The minimum absolute atomic E-state index is 0.0292. The molecule has 2 amide bonds. The summed E-state index contributed by atoms with van der Waals surface area (Å²) in [6, 6.07) is 9.82. The van der Waals surface area contributed by atoms with Crippen molar-refractivity contribution in [2.24, 2.45) is 5.92 Å². The lowest BCUT2D eigenvalue weighted by atomic mass is 9.95. The number of halogens is 1. The Hall–Kier alpha value is -2.27. The van der Waals surface area contributed by atoms with Crippen molar-refractivity contribution in [1.82, 2.24) is 14.8 Å². The second-order valence-electron chi connectivity index (χ2n) is 7.85. The molecule has 6 heteroatoms. The lowest BCUT2D eigenvalue weighted by molar-refractivity contribution is -0.126. The normalized spacial score (nSPS) is 15.1. The standard InChI is InChI=1S/C22H28ClN3O2/c1-14(2)24-21(27)17-9-11-25(12-10-17)22(28)19-13-18(7-8-20(19)23)26-15(3)5-6-16(26)4/h5-8,13-14,17H,9-12H2,1-4H3,(H,24,27). The molecule has 1 N–H and O–H groups in total. The topological polar surface area (TPSA) is 54.3 Å². The van der Waals surface area contributed by atoms with E-state index < -0.39 is 0 Å². The van der Waals surface area contributed by atoms with Gasteiger partial charge in [0.2, 0.25) is 5.91 Å². The number of rotatable bonds is 4. The molecule has 150 valence electrons. The molecule has 0 saturated carbocycles. The number of nitrogens with zero attached hydrogens (tertiary/aromatic N) is 2. The van der Waals surface area contributed by atoms with Crippen molar-refractivity contribution in [1.29, 1.82) is 0 Å². The van der Waals surface area contributed by atoms with Gasteiger partial charge in [-0.3, -0.25) is 9.59 Å². The number of carbonyl (C=O) groups excluding carboxylic acids is 2. The first-order valence-corrected chi connectivity index (χ1v) is 10.2. The van der Waals surface area contributed by atoms with Gasteiger partial charge in [0.15, 0.2) is 0 Å². The van der Waals surface area contributed by atoms with Gasteiger partial charge in [-0.05, 0) is 70.9 Å². The van der Waals surface area contributed by atoms with Crippen molar-refractivity contribution in [3.05, 3.63) is 52.3 Å². The fourth-order valence-corrected chi connectivity index (χ4v) is 4.01. The highest BCUT2D eigenvalue weighted by molar-refractivity contribution is 6.33. The highest BCUT2D eigenvalue weighted by Gasteiger charge is 2.29. The van der Waals surface area contributed by atoms with E-state index in [2.05, 4.69) is 22.0 Å². The number of carbonyl (C=O) groups is 2. The molecule has 0 atom stereocenters. The van der Waals surface area contributed by atoms with Crippen LogP contribution in [0.15, 0.2) is 30.3 Å². The monoisotopic (exact) mass is 401 g/mol. The van der Waals surface area contributed by atoms with E-state index in [1.165, 1.54) is 0 Å². The summed E-state index contributed by atoms with van der Waals surface area (Å²) in [7, 11) is 0. The van der Waals surface area contributed by atoms with Crippen LogP contribution in [-0.2, 0) is 4.79 Å². The van der Waals surface area contributed by atoms with E-state index in [9.17, 15) is 9.59 Å². The number of amides is 2. The number of aromatic nitrogens is 1. The zero-order valence-corrected chi connectivity index (χ0v) is 17.7. The summed E-state index contributed by atoms with van der Waals surface area (Å²) >= 11 is 6.37. The first-order chi connectivity index (χ1) is 13.3. The zero-order valence-electron chi connectivity index (χ0n) is 17.0. The summed E-state index contributed by atoms with van der Waals surface area (Å²) in [5.41, 5.74) is 3.65. The minimum Gasteiger partial charge on any atom is -0.354 e. The van der Waals surface area contributed by atoms with Gasteiger partial charge in [-0.25, -0.2) is 0 Å². The smallest absolute Gasteiger partial charge is 0.255 e. The van der Waals surface area contributed by atoms with E-state index in [1.54, 1.807) is 11.0 Å². The number of benzene rings is 1. The van der Waals surface area contributed by atoms with Crippen molar-refractivity contribution < 1.29 is 9.59 Å². The fourth-order valence-electron chi connectivity index (χ4n) is 3.81. The van der Waals surface area contributed by atoms with E-state index in [-0.39, 0.29) is 23.8 Å². The van der Waals surface area contributed by atoms with Crippen LogP contribution in [0.3, 0.4) is 0 Å². The second-order valence-corrected chi connectivity index (χ2v) is 8.25. The van der Waals surface area contributed by atoms with Crippen LogP contribution in [0.2, 0.25) is 5.02 Å². The molecule has 0 aliphatic carbocycles. The predicted octanol–water partition coefficient (Wildman–Crippen LogP) is 4.12. The van der Waals surface area contributed by atoms with Gasteiger partial charge in [0, 0.05) is 42.1 Å². The number of aryl methyl sites for hydroxylation is 2. The summed E-state index contributed by atoms with van der Waals surface area (Å²) in [4.78, 5) is 27.1. The van der Waals surface area contributed by atoms with E-state index in [1.807, 2.05) is 39.8 Å². The second kappa shape index (κ2) is 8.39. The first-order valence-electron chi connectivity index (χ1n) is 9.82. The molecule has 2 aromatic rings. The zero-order chi connectivity index (χ0) is 20.4. The van der Waals surface area contributed by atoms with Crippen molar-refractivity contribution in [3.63, 3.8) is 0 Å². The lowest BCUT2D eigenvalue weighted by Gasteiger charge is -2.32. The first kappa shape index (κ1) is 20.5. The maximum absolute atomic E-state index is 13.1. The Morgan fingerprint density at radius 2 is 1.68 bits per heavy atom. The molecule has 0 unspecified atom stereocenters. The number of likely N-dealkylation sites (tertiary alicyclic amines) is 1. The van der Waals surface area contributed by atoms with Gasteiger partial charge >= 0.3 is 0 Å². The third-order valence-electron chi connectivity index (χ3n) is 5.29. The third kappa shape index (κ3) is 4.25. The summed E-state index contributed by atoms with van der Waals surface area (Å²) in [6.45, 7) is 9.12. The van der Waals surface area contributed by atoms with Gasteiger partial charge in [-0.1, -0.05) is 11.6 Å². The number of nitrogens with one attached hydrogen (secondary N) is 1. The predicted molar refractivity (Wildman–Crippen MR) is 112 cm³/mol. The molecule has 5 nitrogen and oxygen atoms in total. The Morgan fingerprint density at radius 3 is 2.25 bits per heavy atom. The van der Waals surface area contributed by atoms with Crippen molar-refractivity contribution >= 4 is 23.4 Å². The van der Waals surface area contributed by atoms with Gasteiger partial charge in [-0.15, -0.1) is 0 Å². The van der Waals surface area contributed by atoms with E-state index in [0.29, 0.717) is 36.5 Å². The molecule has 0 spiro atoms. The van der Waals surface area contributed by atoms with Crippen LogP contribution in [0.5, 0.6) is 0 Å². The Bertz CT molecular complexity index is 860. The summed E-state index contributed by atoms with van der Waals surface area (Å²) in [5.74, 6) is -0.0175. The summed E-state index contributed by atoms with van der Waals surface area (Å²) in [5, 5.41) is 3.42. The highest BCUT2D eigenvalue weighted by Crippen LogP contribution is 2.26. The van der Waals surface area contributed by atoms with Crippen LogP contribution in [0, 0.1) is 19.8 Å². The highest BCUT2D eigenvalue weighted by atomic mass is 35.5. The molecule has 1 aromatic carbocycles. The van der Waals surface area contributed by atoms with E-state index in [0.717, 1.165) is 17.1 Å². The van der Waals surface area contributed by atoms with Crippen LogP contribution in [0.4, 0.5) is 0 Å². The Balaban J connectivity index is 1.75. The van der Waals surface area contributed by atoms with Crippen LogP contribution in [-0.4, -0.2) is 40.4 Å². The molecule has 1 aliphatic rings. The molecule has 0 radical (unpaired) electrons. The van der Waals surface area contributed by atoms with Crippen LogP contribution in [0.1, 0.15) is 48.4 Å². The third-order valence-corrected chi connectivity index (χ3v) is 5.62. The van der Waals surface area contributed by atoms with E-state index in [4.69, 9.17) is 11.6 Å². The minimum atomic E-state index is -0.0722. The molecule has 1 saturated heterocycles.